The van der Waals surface area contributed by atoms with Gasteiger partial charge in [-0.1, -0.05) is 127 Å². The van der Waals surface area contributed by atoms with E-state index in [9.17, 15) is 0 Å². The first-order valence-electron chi connectivity index (χ1n) is 15.0. The lowest BCUT2D eigenvalue weighted by Gasteiger charge is -2.23. The maximum Gasteiger partial charge on any atom is -0.00209 e. The first-order chi connectivity index (χ1) is 20.7. The number of allylic oxidation sites excluding steroid dienone is 1. The maximum atomic E-state index is 2.40. The van der Waals surface area contributed by atoms with E-state index in [4.69, 9.17) is 0 Å². The monoisotopic (exact) mass is 536 g/mol. The Labute approximate surface area is 247 Å². The maximum absolute atomic E-state index is 2.40. The molecule has 0 bridgehead atoms. The van der Waals surface area contributed by atoms with Crippen molar-refractivity contribution < 1.29 is 0 Å². The molecule has 0 aromatic heterocycles. The van der Waals surface area contributed by atoms with Crippen LogP contribution in [0.25, 0.3) is 71.8 Å². The molecule has 0 fully saturated rings. The normalized spacial score (nSPS) is 12.7. The third kappa shape index (κ3) is 3.90. The second-order valence-corrected chi connectivity index (χ2v) is 11.7. The summed E-state index contributed by atoms with van der Waals surface area (Å²) in [5.41, 5.74) is 13.5. The van der Waals surface area contributed by atoms with E-state index in [1.54, 1.807) is 0 Å². The van der Waals surface area contributed by atoms with E-state index in [1.807, 2.05) is 0 Å². The Hall–Kier alpha value is -4.94. The predicted molar refractivity (Wildman–Crippen MR) is 182 cm³/mol. The fraction of sp³-hybridized carbons (Fsp3) is 0.0952. The topological polar surface area (TPSA) is 0 Å². The van der Waals surface area contributed by atoms with Gasteiger partial charge in [0.1, 0.15) is 0 Å². The Kier molecular flexibility index (Phi) is 5.83. The van der Waals surface area contributed by atoms with Gasteiger partial charge >= 0.3 is 0 Å². The van der Waals surface area contributed by atoms with Crippen molar-refractivity contribution in [3.63, 3.8) is 0 Å². The van der Waals surface area contributed by atoms with E-state index in [0.717, 1.165) is 12.8 Å². The zero-order valence-electron chi connectivity index (χ0n) is 24.1. The molecule has 0 atom stereocenters. The van der Waals surface area contributed by atoms with Gasteiger partial charge in [-0.2, -0.15) is 0 Å². The van der Waals surface area contributed by atoms with Crippen LogP contribution in [-0.2, 0) is 6.42 Å². The SMILES string of the molecule is Cc1cc2c(c(C)c1-c1c3ccccc3c(-c3ccc(-c4ccc5ccccc5c4)cc3)c3ccccc13)CCC=C2. The second kappa shape index (κ2) is 9.86. The van der Waals surface area contributed by atoms with Crippen LogP contribution in [0, 0.1) is 13.8 Å². The molecule has 0 saturated heterocycles. The molecule has 1 aliphatic carbocycles. The molecule has 0 aliphatic heterocycles. The van der Waals surface area contributed by atoms with E-state index in [1.165, 1.54) is 88.0 Å². The number of benzene rings is 7. The van der Waals surface area contributed by atoms with Gasteiger partial charge in [-0.05, 0) is 121 Å². The van der Waals surface area contributed by atoms with Crippen molar-refractivity contribution in [2.24, 2.45) is 0 Å². The van der Waals surface area contributed by atoms with Gasteiger partial charge in [0.15, 0.2) is 0 Å². The number of rotatable bonds is 3. The van der Waals surface area contributed by atoms with Gasteiger partial charge in [0.25, 0.3) is 0 Å². The molecule has 0 radical (unpaired) electrons. The van der Waals surface area contributed by atoms with Crippen molar-refractivity contribution in [1.82, 2.24) is 0 Å². The molecule has 42 heavy (non-hydrogen) atoms. The van der Waals surface area contributed by atoms with Crippen LogP contribution in [0.15, 0.2) is 127 Å². The largest absolute Gasteiger partial charge is 0.0836 e. The predicted octanol–water partition coefficient (Wildman–Crippen LogP) is 11.7. The minimum absolute atomic E-state index is 1.11. The summed E-state index contributed by atoms with van der Waals surface area (Å²) in [6.45, 7) is 4.62. The molecular weight excluding hydrogens is 504 g/mol. The summed E-state index contributed by atoms with van der Waals surface area (Å²) in [7, 11) is 0. The van der Waals surface area contributed by atoms with Crippen LogP contribution in [0.4, 0.5) is 0 Å². The fourth-order valence-electron chi connectivity index (χ4n) is 7.27. The lowest BCUT2D eigenvalue weighted by Crippen LogP contribution is -2.03. The summed E-state index contributed by atoms with van der Waals surface area (Å²) in [4.78, 5) is 0. The molecule has 7 aromatic carbocycles. The summed E-state index contributed by atoms with van der Waals surface area (Å²) in [5.74, 6) is 0. The number of hydrogen-bond donors (Lipinski definition) is 0. The van der Waals surface area contributed by atoms with Crippen molar-refractivity contribution in [3.05, 3.63) is 150 Å². The third-order valence-corrected chi connectivity index (χ3v) is 9.24. The molecule has 7 aromatic rings. The smallest absolute Gasteiger partial charge is 0.00209 e. The Morgan fingerprint density at radius 2 is 1.05 bits per heavy atom. The van der Waals surface area contributed by atoms with Crippen molar-refractivity contribution in [1.29, 1.82) is 0 Å². The van der Waals surface area contributed by atoms with Crippen LogP contribution in [0.1, 0.15) is 28.7 Å². The van der Waals surface area contributed by atoms with Crippen LogP contribution < -0.4 is 0 Å². The molecule has 0 heteroatoms. The average molecular weight is 537 g/mol. The first kappa shape index (κ1) is 24.8. The van der Waals surface area contributed by atoms with Gasteiger partial charge in [-0.3, -0.25) is 0 Å². The Balaban J connectivity index is 1.35. The summed E-state index contributed by atoms with van der Waals surface area (Å²) in [5, 5.41) is 7.80. The van der Waals surface area contributed by atoms with Gasteiger partial charge in [0.2, 0.25) is 0 Å². The summed E-state index contributed by atoms with van der Waals surface area (Å²) in [6, 6.07) is 44.9. The zero-order chi connectivity index (χ0) is 28.2. The van der Waals surface area contributed by atoms with E-state index < -0.39 is 0 Å². The zero-order valence-corrected chi connectivity index (χ0v) is 24.1. The van der Waals surface area contributed by atoms with Crippen LogP contribution in [0.2, 0.25) is 0 Å². The van der Waals surface area contributed by atoms with Crippen molar-refractivity contribution in [2.75, 3.05) is 0 Å². The standard InChI is InChI=1S/C42H32/c1-27-25-34-13-5-6-14-35(34)28(2)40(27)42-38-17-9-7-15-36(38)41(37-16-8-10-18-39(37)42)31-22-19-30(20-23-31)33-24-21-29-11-3-4-12-32(29)26-33/h3-5,7-13,15-26H,6,14H2,1-2H3. The molecule has 0 nitrogen and oxygen atoms in total. The van der Waals surface area contributed by atoms with E-state index >= 15 is 0 Å². The number of aryl methyl sites for hydroxylation is 1. The lowest BCUT2D eigenvalue weighted by molar-refractivity contribution is 0.970. The van der Waals surface area contributed by atoms with Gasteiger partial charge in [0.05, 0.1) is 0 Å². The molecule has 0 saturated carbocycles. The quantitative estimate of drug-likeness (QED) is 0.197. The highest BCUT2D eigenvalue weighted by molar-refractivity contribution is 6.22. The van der Waals surface area contributed by atoms with Crippen LogP contribution in [-0.4, -0.2) is 0 Å². The summed E-state index contributed by atoms with van der Waals surface area (Å²) < 4.78 is 0. The van der Waals surface area contributed by atoms with Gasteiger partial charge in [-0.25, -0.2) is 0 Å². The highest BCUT2D eigenvalue weighted by Crippen LogP contribution is 2.46. The molecule has 8 rings (SSSR count). The molecule has 0 N–H and O–H groups in total. The lowest BCUT2D eigenvalue weighted by atomic mass is 9.80. The molecule has 0 amide bonds. The van der Waals surface area contributed by atoms with Gasteiger partial charge in [0, 0.05) is 0 Å². The second-order valence-electron chi connectivity index (χ2n) is 11.7. The van der Waals surface area contributed by atoms with Gasteiger partial charge < -0.3 is 0 Å². The van der Waals surface area contributed by atoms with Crippen LogP contribution >= 0.6 is 0 Å². The average Bonchev–Trinajstić information content (AvgIpc) is 3.04. The van der Waals surface area contributed by atoms with Crippen molar-refractivity contribution >= 4 is 38.4 Å². The molecule has 200 valence electrons. The van der Waals surface area contributed by atoms with Gasteiger partial charge in [-0.15, -0.1) is 0 Å². The minimum atomic E-state index is 1.11. The number of fused-ring (bicyclic) bond motifs is 4. The number of hydrogen-bond acceptors (Lipinski definition) is 0. The van der Waals surface area contributed by atoms with Crippen molar-refractivity contribution in [2.45, 2.75) is 26.7 Å². The van der Waals surface area contributed by atoms with Crippen LogP contribution in [0.3, 0.4) is 0 Å². The summed E-state index contributed by atoms with van der Waals surface area (Å²) >= 11 is 0. The molecule has 0 spiro atoms. The van der Waals surface area contributed by atoms with E-state index in [2.05, 4.69) is 147 Å². The van der Waals surface area contributed by atoms with Crippen molar-refractivity contribution in [3.8, 4) is 33.4 Å². The fourth-order valence-corrected chi connectivity index (χ4v) is 7.27. The minimum Gasteiger partial charge on any atom is -0.0836 e. The highest BCUT2D eigenvalue weighted by atomic mass is 14.2. The van der Waals surface area contributed by atoms with Crippen LogP contribution in [0.5, 0.6) is 0 Å². The Morgan fingerprint density at radius 1 is 0.476 bits per heavy atom. The molecular formula is C42H32. The first-order valence-corrected chi connectivity index (χ1v) is 15.0. The molecule has 0 unspecified atom stereocenters. The third-order valence-electron chi connectivity index (χ3n) is 9.24. The van der Waals surface area contributed by atoms with E-state index in [0.29, 0.717) is 0 Å². The Bertz CT molecular complexity index is 2130. The molecule has 1 aliphatic rings. The van der Waals surface area contributed by atoms with E-state index in [-0.39, 0.29) is 0 Å². The highest BCUT2D eigenvalue weighted by Gasteiger charge is 2.21. The Morgan fingerprint density at radius 3 is 1.74 bits per heavy atom. The molecule has 0 heterocycles. The summed E-state index contributed by atoms with van der Waals surface area (Å²) in [6.07, 6.45) is 6.85.